The molecular weight excluding hydrogens is 386 g/mol. The number of para-hydroxylation sites is 1. The smallest absolute Gasteiger partial charge is 0.274 e. The first kappa shape index (κ1) is 19.1. The summed E-state index contributed by atoms with van der Waals surface area (Å²) in [4.78, 5) is 17.3. The average molecular weight is 404 g/mol. The molecule has 0 saturated heterocycles. The predicted octanol–water partition coefficient (Wildman–Crippen LogP) is 4.52. The van der Waals surface area contributed by atoms with Crippen LogP contribution < -0.4 is 14.8 Å². The third-order valence-corrected chi connectivity index (χ3v) is 4.85. The molecule has 1 amide bonds. The summed E-state index contributed by atoms with van der Waals surface area (Å²) in [6, 6.07) is 12.8. The number of thioether (sulfide) groups is 1. The van der Waals surface area contributed by atoms with Gasteiger partial charge in [-0.05, 0) is 18.4 Å². The molecule has 27 heavy (non-hydrogen) atoms. The number of amides is 1. The minimum absolute atomic E-state index is 0.333. The summed E-state index contributed by atoms with van der Waals surface area (Å²) in [5.74, 6) is 0.624. The van der Waals surface area contributed by atoms with Gasteiger partial charge in [0.15, 0.2) is 16.7 Å². The first-order chi connectivity index (χ1) is 13.1. The minimum Gasteiger partial charge on any atom is -0.493 e. The van der Waals surface area contributed by atoms with Crippen LogP contribution in [-0.4, -0.2) is 35.9 Å². The number of carbonyl (C=O) groups excluding carboxylic acids is 1. The van der Waals surface area contributed by atoms with Gasteiger partial charge in [-0.1, -0.05) is 41.6 Å². The van der Waals surface area contributed by atoms with Gasteiger partial charge in [-0.15, -0.1) is 0 Å². The van der Waals surface area contributed by atoms with E-state index in [0.29, 0.717) is 33.1 Å². The Balaban J connectivity index is 1.98. The number of rotatable bonds is 6. The maximum Gasteiger partial charge on any atom is 0.274 e. The number of methoxy groups -OCH3 is 2. The molecule has 3 aromatic rings. The Hall–Kier alpha value is -2.64. The average Bonchev–Trinajstić information content (AvgIpc) is 3.14. The molecule has 0 spiro atoms. The Kier molecular flexibility index (Phi) is 5.93. The van der Waals surface area contributed by atoms with Crippen LogP contribution in [-0.2, 0) is 0 Å². The molecule has 0 bridgehead atoms. The van der Waals surface area contributed by atoms with Crippen LogP contribution >= 0.6 is 23.4 Å². The van der Waals surface area contributed by atoms with Crippen LogP contribution in [0.2, 0.25) is 5.02 Å². The van der Waals surface area contributed by atoms with Crippen molar-refractivity contribution in [3.8, 4) is 17.2 Å². The van der Waals surface area contributed by atoms with Crippen molar-refractivity contribution in [3.63, 3.8) is 0 Å². The normalized spacial score (nSPS) is 10.5. The summed E-state index contributed by atoms with van der Waals surface area (Å²) in [6.45, 7) is 0. The lowest BCUT2D eigenvalue weighted by Gasteiger charge is -2.14. The first-order valence-electron chi connectivity index (χ1n) is 7.99. The second-order valence-corrected chi connectivity index (χ2v) is 6.62. The zero-order chi connectivity index (χ0) is 19.4. The van der Waals surface area contributed by atoms with Gasteiger partial charge >= 0.3 is 0 Å². The van der Waals surface area contributed by atoms with E-state index in [4.69, 9.17) is 21.1 Å². The molecule has 6 nitrogen and oxygen atoms in total. The van der Waals surface area contributed by atoms with E-state index in [2.05, 4.69) is 10.3 Å². The van der Waals surface area contributed by atoms with Gasteiger partial charge in [-0.25, -0.2) is 4.98 Å². The maximum absolute atomic E-state index is 12.9. The topological polar surface area (TPSA) is 65.4 Å². The number of imidazole rings is 1. The van der Waals surface area contributed by atoms with Gasteiger partial charge in [-0.3, -0.25) is 9.36 Å². The van der Waals surface area contributed by atoms with Crippen molar-refractivity contribution in [2.45, 2.75) is 5.16 Å². The second-order valence-electron chi connectivity index (χ2n) is 5.44. The van der Waals surface area contributed by atoms with Crippen molar-refractivity contribution >= 4 is 35.0 Å². The molecule has 0 unspecified atom stereocenters. The Morgan fingerprint density at radius 2 is 1.81 bits per heavy atom. The summed E-state index contributed by atoms with van der Waals surface area (Å²) >= 11 is 7.74. The third kappa shape index (κ3) is 3.89. The molecule has 8 heteroatoms. The van der Waals surface area contributed by atoms with Crippen LogP contribution in [0, 0.1) is 0 Å². The monoisotopic (exact) mass is 403 g/mol. The number of nitrogens with one attached hydrogen (secondary N) is 1. The number of benzene rings is 2. The van der Waals surface area contributed by atoms with Crippen LogP contribution in [0.1, 0.15) is 10.5 Å². The van der Waals surface area contributed by atoms with E-state index in [1.165, 1.54) is 26.0 Å². The molecule has 1 heterocycles. The highest BCUT2D eigenvalue weighted by Gasteiger charge is 2.19. The van der Waals surface area contributed by atoms with E-state index in [0.717, 1.165) is 5.69 Å². The Labute approximate surface area is 166 Å². The zero-order valence-corrected chi connectivity index (χ0v) is 16.6. The van der Waals surface area contributed by atoms with Gasteiger partial charge in [0, 0.05) is 17.8 Å². The molecule has 0 aliphatic rings. The number of hydrogen-bond donors (Lipinski definition) is 1. The quantitative estimate of drug-likeness (QED) is 0.613. The maximum atomic E-state index is 12.9. The van der Waals surface area contributed by atoms with Crippen LogP contribution in [0.5, 0.6) is 11.5 Å². The summed E-state index contributed by atoms with van der Waals surface area (Å²) in [7, 11) is 3.04. The lowest BCUT2D eigenvalue weighted by Crippen LogP contribution is -2.17. The van der Waals surface area contributed by atoms with Crippen molar-refractivity contribution < 1.29 is 14.3 Å². The minimum atomic E-state index is -0.333. The lowest BCUT2D eigenvalue weighted by atomic mass is 10.2. The van der Waals surface area contributed by atoms with Crippen LogP contribution in [0.3, 0.4) is 0 Å². The standard InChI is InChI=1S/C19H18ClN3O3S/c1-25-16-9-13(20)14(10-17(16)26-2)22-18(24)15-11-21-19(27-3)23(15)12-7-5-4-6-8-12/h4-11H,1-3H3,(H,22,24). The van der Waals surface area contributed by atoms with Gasteiger partial charge in [0.25, 0.3) is 5.91 Å². The number of nitrogens with zero attached hydrogens (tertiary/aromatic N) is 2. The molecule has 0 atom stereocenters. The van der Waals surface area contributed by atoms with Gasteiger partial charge in [-0.2, -0.15) is 0 Å². The number of halogens is 1. The van der Waals surface area contributed by atoms with Gasteiger partial charge in [0.05, 0.1) is 31.1 Å². The molecule has 0 aliphatic heterocycles. The van der Waals surface area contributed by atoms with E-state index < -0.39 is 0 Å². The highest BCUT2D eigenvalue weighted by atomic mass is 35.5. The first-order valence-corrected chi connectivity index (χ1v) is 9.59. The summed E-state index contributed by atoms with van der Waals surface area (Å²) in [5.41, 5.74) is 1.67. The van der Waals surface area contributed by atoms with E-state index >= 15 is 0 Å². The van der Waals surface area contributed by atoms with Crippen molar-refractivity contribution in [1.29, 1.82) is 0 Å². The summed E-state index contributed by atoms with van der Waals surface area (Å²) in [6.07, 6.45) is 3.46. The van der Waals surface area contributed by atoms with E-state index in [1.807, 2.05) is 36.6 Å². The van der Waals surface area contributed by atoms with E-state index in [9.17, 15) is 4.79 Å². The van der Waals surface area contributed by atoms with Crippen molar-refractivity contribution in [2.24, 2.45) is 0 Å². The SMILES string of the molecule is COc1cc(Cl)c(NC(=O)c2cnc(SC)n2-c2ccccc2)cc1OC. The largest absolute Gasteiger partial charge is 0.493 e. The zero-order valence-electron chi connectivity index (χ0n) is 15.0. The number of hydrogen-bond acceptors (Lipinski definition) is 5. The number of ether oxygens (including phenoxy) is 2. The fraction of sp³-hybridized carbons (Fsp3) is 0.158. The number of anilines is 1. The Morgan fingerprint density at radius 3 is 2.44 bits per heavy atom. The molecular formula is C19H18ClN3O3S. The third-order valence-electron chi connectivity index (χ3n) is 3.88. The van der Waals surface area contributed by atoms with E-state index in [1.54, 1.807) is 22.9 Å². The second kappa shape index (κ2) is 8.37. The molecule has 0 radical (unpaired) electrons. The fourth-order valence-electron chi connectivity index (χ4n) is 2.60. The number of aromatic nitrogens is 2. The summed E-state index contributed by atoms with van der Waals surface area (Å²) in [5, 5.41) is 3.88. The van der Waals surface area contributed by atoms with Crippen LogP contribution in [0.25, 0.3) is 5.69 Å². The van der Waals surface area contributed by atoms with Gasteiger partial charge in [0.2, 0.25) is 0 Å². The highest BCUT2D eigenvalue weighted by Crippen LogP contribution is 2.36. The molecule has 1 N–H and O–H groups in total. The summed E-state index contributed by atoms with van der Waals surface area (Å²) < 4.78 is 12.3. The van der Waals surface area contributed by atoms with Crippen LogP contribution in [0.4, 0.5) is 5.69 Å². The van der Waals surface area contributed by atoms with Crippen LogP contribution in [0.15, 0.2) is 53.8 Å². The highest BCUT2D eigenvalue weighted by molar-refractivity contribution is 7.98. The predicted molar refractivity (Wildman–Crippen MR) is 108 cm³/mol. The molecule has 1 aromatic heterocycles. The molecule has 140 valence electrons. The molecule has 0 saturated carbocycles. The van der Waals surface area contributed by atoms with Gasteiger partial charge in [0.1, 0.15) is 5.69 Å². The van der Waals surface area contributed by atoms with Gasteiger partial charge < -0.3 is 14.8 Å². The molecule has 3 rings (SSSR count). The lowest BCUT2D eigenvalue weighted by molar-refractivity contribution is 0.102. The number of carbonyl (C=O) groups is 1. The Morgan fingerprint density at radius 1 is 1.15 bits per heavy atom. The van der Waals surface area contributed by atoms with Crippen molar-refractivity contribution in [1.82, 2.24) is 9.55 Å². The molecule has 0 fully saturated rings. The van der Waals surface area contributed by atoms with Crippen molar-refractivity contribution in [2.75, 3.05) is 25.8 Å². The molecule has 2 aromatic carbocycles. The van der Waals surface area contributed by atoms with Crippen molar-refractivity contribution in [3.05, 3.63) is 59.4 Å². The molecule has 0 aliphatic carbocycles. The fourth-order valence-corrected chi connectivity index (χ4v) is 3.35. The van der Waals surface area contributed by atoms with E-state index in [-0.39, 0.29) is 5.91 Å². The Bertz CT molecular complexity index is 960.